The number of carboxylic acids is 1. The molecule has 0 aliphatic carbocycles. The van der Waals surface area contributed by atoms with Crippen molar-refractivity contribution in [3.8, 4) is 0 Å². The Morgan fingerprint density at radius 1 is 1.30 bits per heavy atom. The maximum Gasteiger partial charge on any atom is 0.339 e. The highest BCUT2D eigenvalue weighted by Gasteiger charge is 2.15. The first-order valence-electron chi connectivity index (χ1n) is 7.41. The molecule has 0 unspecified atom stereocenters. The highest BCUT2D eigenvalue weighted by Crippen LogP contribution is 2.17. The largest absolute Gasteiger partial charge is 0.478 e. The number of likely N-dealkylation sites (N-methyl/N-ethyl adjacent to an activating group) is 1. The first kappa shape index (κ1) is 15.2. The molecular formula is C17H18N4O2. The van der Waals surface area contributed by atoms with Gasteiger partial charge in [0.05, 0.1) is 11.7 Å². The van der Waals surface area contributed by atoms with E-state index in [4.69, 9.17) is 0 Å². The van der Waals surface area contributed by atoms with E-state index in [1.807, 2.05) is 31.3 Å². The van der Waals surface area contributed by atoms with Gasteiger partial charge in [-0.05, 0) is 42.8 Å². The van der Waals surface area contributed by atoms with E-state index in [9.17, 15) is 9.90 Å². The second-order valence-electron chi connectivity index (χ2n) is 5.53. The maximum absolute atomic E-state index is 11.4. The van der Waals surface area contributed by atoms with Crippen LogP contribution in [0.4, 0.5) is 0 Å². The van der Waals surface area contributed by atoms with Crippen LogP contribution in [-0.2, 0) is 13.0 Å². The number of rotatable bonds is 6. The molecule has 0 bridgehead atoms. The Labute approximate surface area is 134 Å². The summed E-state index contributed by atoms with van der Waals surface area (Å²) in [6, 6.07) is 7.85. The fourth-order valence-electron chi connectivity index (χ4n) is 2.64. The molecule has 3 rings (SSSR count). The van der Waals surface area contributed by atoms with Crippen molar-refractivity contribution in [2.24, 2.45) is 0 Å². The number of carboxylic acid groups (broad SMARTS) is 1. The molecule has 0 saturated heterocycles. The molecule has 0 radical (unpaired) electrons. The number of nitrogens with zero attached hydrogens (tertiary/aromatic N) is 4. The number of carbonyl (C=O) groups is 1. The molecule has 0 aliphatic heterocycles. The van der Waals surface area contributed by atoms with E-state index in [1.54, 1.807) is 23.1 Å². The number of aromatic nitrogens is 3. The summed E-state index contributed by atoms with van der Waals surface area (Å²) in [5, 5.41) is 13.4. The third kappa shape index (κ3) is 3.37. The van der Waals surface area contributed by atoms with Crippen molar-refractivity contribution in [2.75, 3.05) is 13.6 Å². The van der Waals surface area contributed by atoms with Crippen molar-refractivity contribution in [1.82, 2.24) is 19.5 Å². The summed E-state index contributed by atoms with van der Waals surface area (Å²) in [5.41, 5.74) is 3.10. The second-order valence-corrected chi connectivity index (χ2v) is 5.53. The van der Waals surface area contributed by atoms with Crippen molar-refractivity contribution in [1.29, 1.82) is 0 Å². The number of fused-ring (bicyclic) bond motifs is 1. The van der Waals surface area contributed by atoms with Crippen LogP contribution in [0.25, 0.3) is 5.52 Å². The Hall–Kier alpha value is -2.73. The van der Waals surface area contributed by atoms with Gasteiger partial charge in [-0.25, -0.2) is 9.31 Å². The quantitative estimate of drug-likeness (QED) is 0.755. The van der Waals surface area contributed by atoms with E-state index < -0.39 is 5.97 Å². The van der Waals surface area contributed by atoms with Crippen molar-refractivity contribution >= 4 is 11.5 Å². The van der Waals surface area contributed by atoms with Crippen LogP contribution < -0.4 is 0 Å². The van der Waals surface area contributed by atoms with Crippen molar-refractivity contribution in [3.05, 3.63) is 65.7 Å². The minimum Gasteiger partial charge on any atom is -0.478 e. The highest BCUT2D eigenvalue weighted by atomic mass is 16.4. The summed E-state index contributed by atoms with van der Waals surface area (Å²) in [7, 11) is 2.03. The zero-order chi connectivity index (χ0) is 16.2. The fraction of sp³-hybridized carbons (Fsp3) is 0.235. The van der Waals surface area contributed by atoms with Crippen molar-refractivity contribution < 1.29 is 9.90 Å². The topological polar surface area (TPSA) is 70.7 Å². The van der Waals surface area contributed by atoms with E-state index in [0.717, 1.165) is 18.5 Å². The Balaban J connectivity index is 1.75. The maximum atomic E-state index is 11.4. The molecule has 0 atom stereocenters. The molecule has 3 aromatic heterocycles. The molecule has 23 heavy (non-hydrogen) atoms. The third-order valence-electron chi connectivity index (χ3n) is 3.83. The fourth-order valence-corrected chi connectivity index (χ4v) is 2.64. The predicted molar refractivity (Wildman–Crippen MR) is 86.4 cm³/mol. The Kier molecular flexibility index (Phi) is 4.34. The summed E-state index contributed by atoms with van der Waals surface area (Å²) >= 11 is 0. The van der Waals surface area contributed by atoms with Gasteiger partial charge in [0.2, 0.25) is 0 Å². The molecule has 0 fully saturated rings. The molecule has 6 heteroatoms. The van der Waals surface area contributed by atoms with Crippen LogP contribution >= 0.6 is 0 Å². The van der Waals surface area contributed by atoms with Crippen LogP contribution in [0.2, 0.25) is 0 Å². The Bertz CT molecular complexity index is 814. The average molecular weight is 310 g/mol. The van der Waals surface area contributed by atoms with E-state index in [0.29, 0.717) is 12.1 Å². The molecule has 118 valence electrons. The highest BCUT2D eigenvalue weighted by molar-refractivity contribution is 5.96. The molecule has 0 saturated carbocycles. The van der Waals surface area contributed by atoms with Gasteiger partial charge in [0, 0.05) is 31.7 Å². The van der Waals surface area contributed by atoms with E-state index >= 15 is 0 Å². The van der Waals surface area contributed by atoms with Crippen LogP contribution in [0.3, 0.4) is 0 Å². The van der Waals surface area contributed by atoms with Crippen LogP contribution in [-0.4, -0.2) is 44.2 Å². The van der Waals surface area contributed by atoms with Gasteiger partial charge in [-0.15, -0.1) is 0 Å². The normalized spacial score (nSPS) is 11.2. The van der Waals surface area contributed by atoms with Crippen LogP contribution in [0, 0.1) is 0 Å². The van der Waals surface area contributed by atoms with Gasteiger partial charge in [-0.2, -0.15) is 5.10 Å². The molecule has 1 N–H and O–H groups in total. The van der Waals surface area contributed by atoms with Gasteiger partial charge in [0.25, 0.3) is 0 Å². The predicted octanol–water partition coefficient (Wildman–Crippen LogP) is 2.10. The van der Waals surface area contributed by atoms with Crippen LogP contribution in [0.15, 0.2) is 49.1 Å². The summed E-state index contributed by atoms with van der Waals surface area (Å²) in [6.07, 6.45) is 7.68. The van der Waals surface area contributed by atoms with Crippen molar-refractivity contribution in [3.63, 3.8) is 0 Å². The number of hydrogen-bond acceptors (Lipinski definition) is 4. The zero-order valence-corrected chi connectivity index (χ0v) is 12.9. The lowest BCUT2D eigenvalue weighted by Gasteiger charge is -2.17. The molecule has 6 nitrogen and oxygen atoms in total. The number of pyridine rings is 2. The molecular weight excluding hydrogens is 292 g/mol. The smallest absolute Gasteiger partial charge is 0.339 e. The molecule has 3 aromatic rings. The van der Waals surface area contributed by atoms with Crippen molar-refractivity contribution in [2.45, 2.75) is 13.0 Å². The Morgan fingerprint density at radius 2 is 2.09 bits per heavy atom. The van der Waals surface area contributed by atoms with Gasteiger partial charge in [-0.1, -0.05) is 6.07 Å². The Morgan fingerprint density at radius 3 is 2.83 bits per heavy atom. The minimum atomic E-state index is -0.952. The van der Waals surface area contributed by atoms with Gasteiger partial charge in [-0.3, -0.25) is 4.98 Å². The van der Waals surface area contributed by atoms with E-state index in [1.165, 1.54) is 11.8 Å². The number of aromatic carboxylic acids is 1. The monoisotopic (exact) mass is 310 g/mol. The van der Waals surface area contributed by atoms with Crippen LogP contribution in [0.1, 0.15) is 21.5 Å². The van der Waals surface area contributed by atoms with Crippen LogP contribution in [0.5, 0.6) is 0 Å². The van der Waals surface area contributed by atoms with Gasteiger partial charge < -0.3 is 10.0 Å². The second kappa shape index (κ2) is 6.58. The van der Waals surface area contributed by atoms with E-state index in [2.05, 4.69) is 15.0 Å². The first-order chi connectivity index (χ1) is 11.1. The van der Waals surface area contributed by atoms with Gasteiger partial charge in [0.1, 0.15) is 5.56 Å². The summed E-state index contributed by atoms with van der Waals surface area (Å²) in [4.78, 5) is 17.5. The number of hydrogen-bond donors (Lipinski definition) is 1. The molecule has 0 amide bonds. The van der Waals surface area contributed by atoms with Gasteiger partial charge >= 0.3 is 5.97 Å². The standard InChI is InChI=1S/C17H18N4O2/c1-20(10-6-13-4-7-18-8-5-13)12-14-3-2-9-21-16(14)15(11-19-21)17(22)23/h2-5,7-9,11H,6,10,12H2,1H3,(H,22,23). The lowest BCUT2D eigenvalue weighted by molar-refractivity contribution is 0.0699. The third-order valence-corrected chi connectivity index (χ3v) is 3.83. The lowest BCUT2D eigenvalue weighted by atomic mass is 10.1. The van der Waals surface area contributed by atoms with Gasteiger partial charge in [0.15, 0.2) is 0 Å². The molecule has 0 aliphatic rings. The minimum absolute atomic E-state index is 0.239. The SMILES string of the molecule is CN(CCc1ccncc1)Cc1cccn2ncc(C(=O)O)c12. The summed E-state index contributed by atoms with van der Waals surface area (Å²) < 4.78 is 1.62. The van der Waals surface area contributed by atoms with E-state index in [-0.39, 0.29) is 5.56 Å². The zero-order valence-electron chi connectivity index (χ0n) is 12.9. The average Bonchev–Trinajstić information content (AvgIpc) is 2.99. The summed E-state index contributed by atoms with van der Waals surface area (Å²) in [6.45, 7) is 1.54. The molecule has 0 aromatic carbocycles. The first-order valence-corrected chi connectivity index (χ1v) is 7.41. The molecule has 0 spiro atoms. The summed E-state index contributed by atoms with van der Waals surface area (Å²) in [5.74, 6) is -0.952. The molecule has 3 heterocycles. The lowest BCUT2D eigenvalue weighted by Crippen LogP contribution is -2.21.